The first-order valence-electron chi connectivity index (χ1n) is 11.6. The second-order valence-corrected chi connectivity index (χ2v) is 9.62. The van der Waals surface area contributed by atoms with E-state index in [4.69, 9.17) is 25.2 Å². The summed E-state index contributed by atoms with van der Waals surface area (Å²) in [5.74, 6) is 1.99. The molecule has 0 fully saturated rings. The van der Waals surface area contributed by atoms with Gasteiger partial charge in [-0.15, -0.1) is 0 Å². The molecular formula is C24H36N8O3. The van der Waals surface area contributed by atoms with E-state index in [-0.39, 0.29) is 29.4 Å². The molecule has 2 aromatic heterocycles. The number of methoxy groups -OCH3 is 2. The van der Waals surface area contributed by atoms with Crippen LogP contribution in [-0.4, -0.2) is 59.6 Å². The Morgan fingerprint density at radius 3 is 2.66 bits per heavy atom. The zero-order chi connectivity index (χ0) is 25.8. The molecule has 0 spiro atoms. The molecule has 0 saturated carbocycles. The Morgan fingerprint density at radius 1 is 1.26 bits per heavy atom. The molecule has 0 aliphatic carbocycles. The van der Waals surface area contributed by atoms with Gasteiger partial charge in [-0.2, -0.15) is 0 Å². The Morgan fingerprint density at radius 2 is 2.00 bits per heavy atom. The zero-order valence-corrected chi connectivity index (χ0v) is 21.4. The van der Waals surface area contributed by atoms with Gasteiger partial charge < -0.3 is 31.2 Å². The maximum atomic E-state index is 12.0. The summed E-state index contributed by atoms with van der Waals surface area (Å²) in [7, 11) is 3.06. The van der Waals surface area contributed by atoms with Crippen LogP contribution in [0.4, 0.5) is 11.8 Å². The molecule has 3 heterocycles. The minimum atomic E-state index is -0.509. The van der Waals surface area contributed by atoms with Crippen LogP contribution in [0.5, 0.6) is 5.75 Å². The minimum absolute atomic E-state index is 0.0995. The van der Waals surface area contributed by atoms with Gasteiger partial charge in [0.05, 0.1) is 18.8 Å². The van der Waals surface area contributed by atoms with Crippen LogP contribution < -0.4 is 26.4 Å². The van der Waals surface area contributed by atoms with Gasteiger partial charge in [-0.3, -0.25) is 9.79 Å². The molecule has 1 amide bonds. The third-order valence-corrected chi connectivity index (χ3v) is 5.73. The van der Waals surface area contributed by atoms with Gasteiger partial charge in [-0.05, 0) is 26.0 Å². The predicted octanol–water partition coefficient (Wildman–Crippen LogP) is 2.24. The van der Waals surface area contributed by atoms with Crippen LogP contribution in [0, 0.1) is 5.41 Å². The van der Waals surface area contributed by atoms with Crippen molar-refractivity contribution < 1.29 is 14.3 Å². The fraction of sp³-hybridized carbons (Fsp3) is 0.542. The molecule has 1 aliphatic rings. The van der Waals surface area contributed by atoms with Crippen LogP contribution in [0.2, 0.25) is 0 Å². The molecule has 35 heavy (non-hydrogen) atoms. The van der Waals surface area contributed by atoms with Crippen molar-refractivity contribution in [3.8, 4) is 5.75 Å². The fourth-order valence-corrected chi connectivity index (χ4v) is 3.58. The van der Waals surface area contributed by atoms with Gasteiger partial charge >= 0.3 is 0 Å². The number of amidine groups is 1. The molecule has 1 aliphatic heterocycles. The van der Waals surface area contributed by atoms with Crippen LogP contribution in [0.25, 0.3) is 0 Å². The maximum absolute atomic E-state index is 12.0. The van der Waals surface area contributed by atoms with Crippen molar-refractivity contribution >= 4 is 23.5 Å². The summed E-state index contributed by atoms with van der Waals surface area (Å²) in [5.41, 5.74) is 7.38. The SMILES string of the molecule is COc1cc(C2N=C(C(C)(C)C)NC2c2ccnc(N[C@@H](C)CNC(=O)[C@H](C)OC)n2)cnc1N. The zero-order valence-electron chi connectivity index (χ0n) is 21.4. The third-order valence-electron chi connectivity index (χ3n) is 5.73. The van der Waals surface area contributed by atoms with E-state index >= 15 is 0 Å². The molecule has 11 nitrogen and oxygen atoms in total. The lowest BCUT2D eigenvalue weighted by atomic mass is 9.95. The van der Waals surface area contributed by atoms with E-state index in [9.17, 15) is 4.79 Å². The van der Waals surface area contributed by atoms with Gasteiger partial charge in [0.25, 0.3) is 0 Å². The maximum Gasteiger partial charge on any atom is 0.248 e. The topological polar surface area (TPSA) is 149 Å². The summed E-state index contributed by atoms with van der Waals surface area (Å²) < 4.78 is 10.4. The summed E-state index contributed by atoms with van der Waals surface area (Å²) in [5, 5.41) is 9.64. The van der Waals surface area contributed by atoms with Crippen molar-refractivity contribution in [1.82, 2.24) is 25.6 Å². The van der Waals surface area contributed by atoms with Crippen molar-refractivity contribution in [3.05, 3.63) is 35.8 Å². The molecule has 2 unspecified atom stereocenters. The third kappa shape index (κ3) is 6.36. The minimum Gasteiger partial charge on any atom is -0.493 e. The lowest BCUT2D eigenvalue weighted by molar-refractivity contribution is -0.130. The lowest BCUT2D eigenvalue weighted by Crippen LogP contribution is -2.40. The first-order chi connectivity index (χ1) is 16.5. The van der Waals surface area contributed by atoms with E-state index in [1.54, 1.807) is 26.4 Å². The Hall–Kier alpha value is -3.47. The number of nitrogen functional groups attached to an aromatic ring is 1. The lowest BCUT2D eigenvalue weighted by Gasteiger charge is -2.23. The highest BCUT2D eigenvalue weighted by molar-refractivity contribution is 5.89. The Bertz CT molecular complexity index is 1070. The van der Waals surface area contributed by atoms with Crippen molar-refractivity contribution in [1.29, 1.82) is 0 Å². The molecule has 11 heteroatoms. The van der Waals surface area contributed by atoms with Crippen LogP contribution in [-0.2, 0) is 9.53 Å². The number of rotatable bonds is 9. The van der Waals surface area contributed by atoms with Gasteiger partial charge in [-0.1, -0.05) is 20.8 Å². The standard InChI is InChI=1S/C24H36N8O3/c1-13(11-28-21(33)14(2)34-6)29-23-26-9-8-16(30-23)19-18(31-22(32-19)24(3,4)5)15-10-17(35-7)20(25)27-12-15/h8-10,12-14,18-19H,11H2,1-7H3,(H2,25,27)(H,28,33)(H,31,32)(H,26,29,30)/t13-,14-,18?,19?/m0/s1. The molecule has 5 N–H and O–H groups in total. The first kappa shape index (κ1) is 26.1. The average Bonchev–Trinajstić information content (AvgIpc) is 3.29. The van der Waals surface area contributed by atoms with E-state index < -0.39 is 6.10 Å². The molecule has 190 valence electrons. The number of amides is 1. The number of hydrogen-bond acceptors (Lipinski definition) is 10. The number of hydrogen-bond donors (Lipinski definition) is 4. The van der Waals surface area contributed by atoms with Crippen molar-refractivity contribution in [2.45, 2.75) is 58.8 Å². The fourth-order valence-electron chi connectivity index (χ4n) is 3.58. The quantitative estimate of drug-likeness (QED) is 0.420. The largest absolute Gasteiger partial charge is 0.493 e. The molecule has 0 saturated heterocycles. The molecule has 4 atom stereocenters. The molecule has 0 radical (unpaired) electrons. The molecule has 0 bridgehead atoms. The van der Waals surface area contributed by atoms with Crippen molar-refractivity contribution in [3.63, 3.8) is 0 Å². The second-order valence-electron chi connectivity index (χ2n) is 9.62. The van der Waals surface area contributed by atoms with E-state index in [2.05, 4.69) is 46.7 Å². The summed E-state index contributed by atoms with van der Waals surface area (Å²) in [4.78, 5) is 30.4. The summed E-state index contributed by atoms with van der Waals surface area (Å²) in [6.45, 7) is 10.4. The van der Waals surface area contributed by atoms with Gasteiger partial charge in [0, 0.05) is 43.1 Å². The van der Waals surface area contributed by atoms with Crippen LogP contribution in [0.15, 0.2) is 29.5 Å². The van der Waals surface area contributed by atoms with Crippen molar-refractivity contribution in [2.75, 3.05) is 31.8 Å². The Balaban J connectivity index is 1.82. The van der Waals surface area contributed by atoms with E-state index in [1.165, 1.54) is 7.11 Å². The number of aromatic nitrogens is 3. The molecule has 3 rings (SSSR count). The van der Waals surface area contributed by atoms with E-state index in [0.29, 0.717) is 24.1 Å². The van der Waals surface area contributed by atoms with Gasteiger partial charge in [0.15, 0.2) is 11.6 Å². The van der Waals surface area contributed by atoms with Crippen LogP contribution >= 0.6 is 0 Å². The van der Waals surface area contributed by atoms with Crippen LogP contribution in [0.3, 0.4) is 0 Å². The number of nitrogens with one attached hydrogen (secondary N) is 3. The number of carbonyl (C=O) groups excluding carboxylic acids is 1. The number of aliphatic imine (C=N–C) groups is 1. The smallest absolute Gasteiger partial charge is 0.248 e. The van der Waals surface area contributed by atoms with Gasteiger partial charge in [0.1, 0.15) is 18.0 Å². The number of pyridine rings is 1. The molecule has 2 aromatic rings. The molecule has 0 aromatic carbocycles. The second kappa shape index (κ2) is 10.9. The highest BCUT2D eigenvalue weighted by Crippen LogP contribution is 2.39. The Labute approximate surface area is 206 Å². The normalized spacial score (nSPS) is 19.3. The monoisotopic (exact) mass is 484 g/mol. The summed E-state index contributed by atoms with van der Waals surface area (Å²) in [6.07, 6.45) is 2.92. The van der Waals surface area contributed by atoms with Gasteiger partial charge in [0.2, 0.25) is 11.9 Å². The van der Waals surface area contributed by atoms with E-state index in [1.807, 2.05) is 19.1 Å². The number of anilines is 2. The van der Waals surface area contributed by atoms with E-state index in [0.717, 1.165) is 17.1 Å². The summed E-state index contributed by atoms with van der Waals surface area (Å²) >= 11 is 0. The summed E-state index contributed by atoms with van der Waals surface area (Å²) in [6, 6.07) is 3.12. The average molecular weight is 485 g/mol. The number of nitrogens with zero attached hydrogens (tertiary/aromatic N) is 4. The highest BCUT2D eigenvalue weighted by atomic mass is 16.5. The number of ether oxygens (including phenoxy) is 2. The highest BCUT2D eigenvalue weighted by Gasteiger charge is 2.37. The van der Waals surface area contributed by atoms with Gasteiger partial charge in [-0.25, -0.2) is 15.0 Å². The number of carbonyl (C=O) groups is 1. The van der Waals surface area contributed by atoms with Crippen molar-refractivity contribution in [2.24, 2.45) is 10.4 Å². The Kier molecular flexibility index (Phi) is 8.11. The first-order valence-corrected chi connectivity index (χ1v) is 11.6. The number of nitrogens with two attached hydrogens (primary N) is 1. The van der Waals surface area contributed by atoms with Crippen LogP contribution in [0.1, 0.15) is 58.0 Å². The predicted molar refractivity (Wildman–Crippen MR) is 135 cm³/mol. The molecular weight excluding hydrogens is 448 g/mol.